The van der Waals surface area contributed by atoms with Crippen LogP contribution in [0, 0.1) is 11.8 Å². The third kappa shape index (κ3) is 4.43. The van der Waals surface area contributed by atoms with Gasteiger partial charge in [-0.25, -0.2) is 13.6 Å². The Morgan fingerprint density at radius 3 is 2.54 bits per heavy atom. The fraction of sp³-hybridized carbons (Fsp3) is 0.529. The zero-order valence-electron chi connectivity index (χ0n) is 13.8. The molecule has 2 amide bonds. The van der Waals surface area contributed by atoms with Crippen molar-refractivity contribution in [2.24, 2.45) is 11.8 Å². The number of esters is 1. The molecule has 0 saturated carbocycles. The first-order valence-corrected chi connectivity index (χ1v) is 7.90. The summed E-state index contributed by atoms with van der Waals surface area (Å²) in [7, 11) is 1.37. The van der Waals surface area contributed by atoms with Gasteiger partial charge in [0, 0.05) is 25.2 Å². The lowest BCUT2D eigenvalue weighted by Gasteiger charge is -2.35. The first-order chi connectivity index (χ1) is 11.4. The summed E-state index contributed by atoms with van der Waals surface area (Å²) in [4.78, 5) is 25.5. The summed E-state index contributed by atoms with van der Waals surface area (Å²) < 4.78 is 29.8. The van der Waals surface area contributed by atoms with Crippen LogP contribution in [0.4, 0.5) is 13.6 Å². The first kappa shape index (κ1) is 18.2. The van der Waals surface area contributed by atoms with Crippen molar-refractivity contribution in [3.05, 3.63) is 35.4 Å². The molecule has 0 aromatic heterocycles. The average molecular weight is 340 g/mol. The molecule has 1 aromatic carbocycles. The number of hydrogen-bond acceptors (Lipinski definition) is 3. The third-order valence-electron chi connectivity index (χ3n) is 4.37. The van der Waals surface area contributed by atoms with E-state index in [1.54, 1.807) is 17.0 Å². The van der Waals surface area contributed by atoms with Crippen molar-refractivity contribution in [2.75, 3.05) is 20.2 Å². The molecule has 1 heterocycles. The molecule has 1 aliphatic rings. The van der Waals surface area contributed by atoms with Crippen molar-refractivity contribution in [3.63, 3.8) is 0 Å². The quantitative estimate of drug-likeness (QED) is 0.858. The monoisotopic (exact) mass is 340 g/mol. The van der Waals surface area contributed by atoms with Gasteiger partial charge in [-0.2, -0.15) is 0 Å². The van der Waals surface area contributed by atoms with Crippen molar-refractivity contribution in [3.8, 4) is 0 Å². The number of carbonyl (C=O) groups excluding carboxylic acids is 2. The number of methoxy groups -OCH3 is 1. The number of carbonyl (C=O) groups is 2. The van der Waals surface area contributed by atoms with E-state index in [4.69, 9.17) is 4.74 Å². The fourth-order valence-corrected chi connectivity index (χ4v) is 2.90. The van der Waals surface area contributed by atoms with Crippen LogP contribution in [0.15, 0.2) is 24.3 Å². The van der Waals surface area contributed by atoms with E-state index < -0.39 is 6.43 Å². The maximum atomic E-state index is 12.5. The van der Waals surface area contributed by atoms with Crippen LogP contribution in [-0.2, 0) is 16.1 Å². The fourth-order valence-electron chi connectivity index (χ4n) is 2.90. The highest BCUT2D eigenvalue weighted by Gasteiger charge is 2.33. The molecule has 0 aliphatic carbocycles. The van der Waals surface area contributed by atoms with E-state index in [2.05, 4.69) is 5.32 Å². The molecule has 1 aliphatic heterocycles. The zero-order valence-corrected chi connectivity index (χ0v) is 13.8. The van der Waals surface area contributed by atoms with Crippen LogP contribution in [0.3, 0.4) is 0 Å². The van der Waals surface area contributed by atoms with Gasteiger partial charge in [0.05, 0.1) is 13.0 Å². The van der Waals surface area contributed by atoms with E-state index in [1.807, 2.05) is 6.92 Å². The summed E-state index contributed by atoms with van der Waals surface area (Å²) in [5.41, 5.74) is 0.717. The van der Waals surface area contributed by atoms with Gasteiger partial charge in [0.25, 0.3) is 6.43 Å². The standard InChI is InChI=1S/C17H22F2N2O3/c1-11-10-21(8-7-14(11)16(22)24-2)17(23)20-9-12-3-5-13(6-4-12)15(18)19/h3-6,11,14-15H,7-10H2,1-2H3,(H,20,23). The van der Waals surface area contributed by atoms with Crippen LogP contribution in [0.25, 0.3) is 0 Å². The molecule has 7 heteroatoms. The lowest BCUT2D eigenvalue weighted by atomic mass is 9.87. The second-order valence-electron chi connectivity index (χ2n) is 6.04. The Labute approximate surface area is 140 Å². The van der Waals surface area contributed by atoms with Crippen molar-refractivity contribution < 1.29 is 23.1 Å². The predicted molar refractivity (Wildman–Crippen MR) is 84.5 cm³/mol. The normalized spacial score (nSPS) is 20.8. The summed E-state index contributed by atoms with van der Waals surface area (Å²) in [5, 5.41) is 2.78. The molecule has 0 spiro atoms. The Morgan fingerprint density at radius 2 is 2.00 bits per heavy atom. The van der Waals surface area contributed by atoms with Crippen LogP contribution in [0.5, 0.6) is 0 Å². The first-order valence-electron chi connectivity index (χ1n) is 7.90. The molecule has 1 aromatic rings. The van der Waals surface area contributed by atoms with E-state index in [0.29, 0.717) is 19.5 Å². The minimum absolute atomic E-state index is 0.0299. The Morgan fingerprint density at radius 1 is 1.33 bits per heavy atom. The second kappa shape index (κ2) is 8.08. The second-order valence-corrected chi connectivity index (χ2v) is 6.04. The number of likely N-dealkylation sites (tertiary alicyclic amines) is 1. The number of hydrogen-bond donors (Lipinski definition) is 1. The largest absolute Gasteiger partial charge is 0.469 e. The molecule has 24 heavy (non-hydrogen) atoms. The topological polar surface area (TPSA) is 58.6 Å². The SMILES string of the molecule is COC(=O)C1CCN(C(=O)NCc2ccc(C(F)F)cc2)CC1C. The van der Waals surface area contributed by atoms with E-state index in [-0.39, 0.29) is 35.9 Å². The van der Waals surface area contributed by atoms with Crippen LogP contribution in [0.1, 0.15) is 30.9 Å². The van der Waals surface area contributed by atoms with Crippen LogP contribution in [-0.4, -0.2) is 37.1 Å². The average Bonchev–Trinajstić information content (AvgIpc) is 2.59. The van der Waals surface area contributed by atoms with Gasteiger partial charge in [-0.05, 0) is 17.9 Å². The van der Waals surface area contributed by atoms with Gasteiger partial charge in [0.1, 0.15) is 0 Å². The number of amides is 2. The van der Waals surface area contributed by atoms with Gasteiger partial charge in [0.15, 0.2) is 0 Å². The van der Waals surface area contributed by atoms with Crippen molar-refractivity contribution >= 4 is 12.0 Å². The number of piperidine rings is 1. The molecule has 2 unspecified atom stereocenters. The van der Waals surface area contributed by atoms with E-state index in [9.17, 15) is 18.4 Å². The Hall–Kier alpha value is -2.18. The van der Waals surface area contributed by atoms with Crippen molar-refractivity contribution in [1.29, 1.82) is 0 Å². The molecule has 2 atom stereocenters. The zero-order chi connectivity index (χ0) is 17.7. The predicted octanol–water partition coefficient (Wildman–Crippen LogP) is 2.96. The number of halogens is 2. The lowest BCUT2D eigenvalue weighted by molar-refractivity contribution is -0.148. The summed E-state index contributed by atoms with van der Waals surface area (Å²) in [5.74, 6) is -0.384. The maximum Gasteiger partial charge on any atom is 0.317 e. The van der Waals surface area contributed by atoms with Gasteiger partial charge in [0.2, 0.25) is 0 Å². The van der Waals surface area contributed by atoms with Crippen molar-refractivity contribution in [1.82, 2.24) is 10.2 Å². The van der Waals surface area contributed by atoms with Gasteiger partial charge in [-0.15, -0.1) is 0 Å². The number of nitrogens with zero attached hydrogens (tertiary/aromatic N) is 1. The lowest BCUT2D eigenvalue weighted by Crippen LogP contribution is -2.48. The van der Waals surface area contributed by atoms with E-state index in [0.717, 1.165) is 5.56 Å². The molecule has 0 bridgehead atoms. The number of rotatable bonds is 4. The summed E-state index contributed by atoms with van der Waals surface area (Å²) in [6.45, 7) is 3.16. The molecule has 1 saturated heterocycles. The molecular weight excluding hydrogens is 318 g/mol. The number of ether oxygens (including phenoxy) is 1. The van der Waals surface area contributed by atoms with Crippen LogP contribution >= 0.6 is 0 Å². The number of urea groups is 1. The number of benzene rings is 1. The highest BCUT2D eigenvalue weighted by molar-refractivity contribution is 5.76. The van der Waals surface area contributed by atoms with E-state index in [1.165, 1.54) is 19.2 Å². The Bertz CT molecular complexity index is 578. The van der Waals surface area contributed by atoms with Crippen LogP contribution < -0.4 is 5.32 Å². The summed E-state index contributed by atoms with van der Waals surface area (Å²) in [6.07, 6.45) is -1.92. The number of alkyl halides is 2. The molecule has 132 valence electrons. The van der Waals surface area contributed by atoms with Gasteiger partial charge in [-0.3, -0.25) is 4.79 Å². The molecule has 0 radical (unpaired) electrons. The highest BCUT2D eigenvalue weighted by atomic mass is 19.3. The Kier molecular flexibility index (Phi) is 6.11. The minimum Gasteiger partial charge on any atom is -0.469 e. The minimum atomic E-state index is -2.49. The van der Waals surface area contributed by atoms with Gasteiger partial charge in [-0.1, -0.05) is 31.2 Å². The van der Waals surface area contributed by atoms with Gasteiger partial charge < -0.3 is 15.0 Å². The van der Waals surface area contributed by atoms with Gasteiger partial charge >= 0.3 is 12.0 Å². The molecule has 1 fully saturated rings. The maximum absolute atomic E-state index is 12.5. The smallest absolute Gasteiger partial charge is 0.317 e. The molecule has 1 N–H and O–H groups in total. The van der Waals surface area contributed by atoms with Crippen LogP contribution in [0.2, 0.25) is 0 Å². The van der Waals surface area contributed by atoms with E-state index >= 15 is 0 Å². The molecule has 5 nitrogen and oxygen atoms in total. The molecular formula is C17H22F2N2O3. The summed E-state index contributed by atoms with van der Waals surface area (Å²) >= 11 is 0. The Balaban J connectivity index is 1.84. The summed E-state index contributed by atoms with van der Waals surface area (Å²) in [6, 6.07) is 5.65. The highest BCUT2D eigenvalue weighted by Crippen LogP contribution is 2.24. The number of nitrogens with one attached hydrogen (secondary N) is 1. The molecule has 2 rings (SSSR count). The third-order valence-corrected chi connectivity index (χ3v) is 4.37. The van der Waals surface area contributed by atoms with Crippen molar-refractivity contribution in [2.45, 2.75) is 26.3 Å².